The predicted octanol–water partition coefficient (Wildman–Crippen LogP) is 4.33. The molecule has 1 aliphatic rings. The molecule has 0 saturated carbocycles. The van der Waals surface area contributed by atoms with Crippen LogP contribution in [0.1, 0.15) is 50.4 Å². The number of hydrogen-bond acceptors (Lipinski definition) is 5. The molecule has 1 unspecified atom stereocenters. The zero-order valence-corrected chi connectivity index (χ0v) is 19.2. The number of ether oxygens (including phenoxy) is 2. The second-order valence-corrected chi connectivity index (χ2v) is 8.55. The van der Waals surface area contributed by atoms with Gasteiger partial charge in [-0.15, -0.1) is 0 Å². The maximum absolute atomic E-state index is 13.3. The largest absolute Gasteiger partial charge is 0.492 e. The minimum atomic E-state index is -1.14. The molecule has 168 valence electrons. The van der Waals surface area contributed by atoms with Gasteiger partial charge in [-0.25, -0.2) is 4.79 Å². The third-order valence-corrected chi connectivity index (χ3v) is 6.25. The number of benzene rings is 2. The van der Waals surface area contributed by atoms with E-state index in [1.54, 1.807) is 19.9 Å². The fourth-order valence-corrected chi connectivity index (χ4v) is 4.04. The van der Waals surface area contributed by atoms with E-state index in [-0.39, 0.29) is 6.61 Å². The number of carbonyl (C=O) groups excluding carboxylic acids is 2. The first-order valence-corrected chi connectivity index (χ1v) is 11.3. The molecule has 7 heteroatoms. The molecule has 2 aromatic rings. The van der Waals surface area contributed by atoms with Crippen LogP contribution in [-0.2, 0) is 9.53 Å². The maximum Gasteiger partial charge on any atom is 0.331 e. The van der Waals surface area contributed by atoms with E-state index in [1.807, 2.05) is 31.2 Å². The molecule has 31 heavy (non-hydrogen) atoms. The number of piperidine rings is 1. The molecule has 1 heterocycles. The Labute approximate surface area is 188 Å². The fourth-order valence-electron chi connectivity index (χ4n) is 3.77. The van der Waals surface area contributed by atoms with E-state index < -0.39 is 17.4 Å². The molecule has 0 aliphatic carbocycles. The smallest absolute Gasteiger partial charge is 0.331 e. The lowest BCUT2D eigenvalue weighted by Crippen LogP contribution is -2.52. The van der Waals surface area contributed by atoms with Crippen LogP contribution >= 0.6 is 11.6 Å². The number of esters is 1. The van der Waals surface area contributed by atoms with Gasteiger partial charge in [0.2, 0.25) is 0 Å². The van der Waals surface area contributed by atoms with Crippen molar-refractivity contribution < 1.29 is 19.1 Å². The number of rotatable bonds is 8. The molecular formula is C24H31ClN2O4. The van der Waals surface area contributed by atoms with Gasteiger partial charge in [0, 0.05) is 15.8 Å². The molecule has 1 aliphatic heterocycles. The van der Waals surface area contributed by atoms with Crippen molar-refractivity contribution in [2.24, 2.45) is 5.92 Å². The van der Waals surface area contributed by atoms with Crippen molar-refractivity contribution in [3.8, 4) is 5.75 Å². The van der Waals surface area contributed by atoms with Crippen LogP contribution in [-0.4, -0.2) is 43.7 Å². The third-order valence-electron chi connectivity index (χ3n) is 5.93. The van der Waals surface area contributed by atoms with Crippen molar-refractivity contribution in [2.75, 3.05) is 26.3 Å². The first-order chi connectivity index (χ1) is 14.9. The molecule has 2 N–H and O–H groups in total. The van der Waals surface area contributed by atoms with E-state index in [2.05, 4.69) is 10.6 Å². The topological polar surface area (TPSA) is 76.7 Å². The van der Waals surface area contributed by atoms with Crippen molar-refractivity contribution in [3.63, 3.8) is 0 Å². The van der Waals surface area contributed by atoms with Crippen molar-refractivity contribution in [2.45, 2.75) is 45.6 Å². The molecule has 0 radical (unpaired) electrons. The number of nitrogens with one attached hydrogen (secondary N) is 2. The Morgan fingerprint density at radius 1 is 1.19 bits per heavy atom. The third kappa shape index (κ3) is 5.31. The lowest BCUT2D eigenvalue weighted by Gasteiger charge is -2.28. The summed E-state index contributed by atoms with van der Waals surface area (Å²) in [6.07, 6.45) is 2.46. The second-order valence-electron chi connectivity index (χ2n) is 8.15. The average Bonchev–Trinajstić information content (AvgIpc) is 2.79. The van der Waals surface area contributed by atoms with Crippen LogP contribution in [0.15, 0.2) is 30.3 Å². The van der Waals surface area contributed by atoms with Gasteiger partial charge >= 0.3 is 5.97 Å². The summed E-state index contributed by atoms with van der Waals surface area (Å²) in [5.74, 6) is 0.0469. The molecule has 1 saturated heterocycles. The van der Waals surface area contributed by atoms with Crippen LogP contribution in [0.3, 0.4) is 0 Å². The minimum Gasteiger partial charge on any atom is -0.492 e. The Bertz CT molecular complexity index is 943. The number of carbonyl (C=O) groups is 2. The van der Waals surface area contributed by atoms with Gasteiger partial charge in [0.25, 0.3) is 5.91 Å². The van der Waals surface area contributed by atoms with E-state index in [9.17, 15) is 9.59 Å². The zero-order valence-electron chi connectivity index (χ0n) is 18.4. The molecule has 1 fully saturated rings. The second kappa shape index (κ2) is 10.3. The molecule has 0 bridgehead atoms. The summed E-state index contributed by atoms with van der Waals surface area (Å²) in [7, 11) is 0. The van der Waals surface area contributed by atoms with E-state index >= 15 is 0 Å². The van der Waals surface area contributed by atoms with Crippen molar-refractivity contribution in [1.29, 1.82) is 0 Å². The van der Waals surface area contributed by atoms with Crippen molar-refractivity contribution in [3.05, 3.63) is 40.9 Å². The molecule has 2 aromatic carbocycles. The zero-order chi connectivity index (χ0) is 22.4. The van der Waals surface area contributed by atoms with Gasteiger partial charge in [0.05, 0.1) is 18.8 Å². The quantitative estimate of drug-likeness (QED) is 0.590. The Hall–Kier alpha value is -2.31. The van der Waals surface area contributed by atoms with E-state index in [1.165, 1.54) is 0 Å². The molecule has 1 atom stereocenters. The number of amides is 1. The molecule has 0 aromatic heterocycles. The van der Waals surface area contributed by atoms with Gasteiger partial charge in [-0.2, -0.15) is 0 Å². The van der Waals surface area contributed by atoms with Gasteiger partial charge in [-0.1, -0.05) is 42.8 Å². The summed E-state index contributed by atoms with van der Waals surface area (Å²) in [6, 6.07) is 9.23. The lowest BCUT2D eigenvalue weighted by atomic mass is 9.97. The van der Waals surface area contributed by atoms with Crippen molar-refractivity contribution in [1.82, 2.24) is 10.6 Å². The van der Waals surface area contributed by atoms with Crippen molar-refractivity contribution >= 4 is 34.2 Å². The summed E-state index contributed by atoms with van der Waals surface area (Å²) in [4.78, 5) is 25.8. The molecule has 0 spiro atoms. The molecule has 1 amide bonds. The monoisotopic (exact) mass is 446 g/mol. The lowest BCUT2D eigenvalue weighted by molar-refractivity contribution is -0.150. The highest BCUT2D eigenvalue weighted by atomic mass is 35.5. The summed E-state index contributed by atoms with van der Waals surface area (Å²) < 4.78 is 11.4. The number of halogens is 1. The van der Waals surface area contributed by atoms with Gasteiger partial charge in [-0.05, 0) is 58.2 Å². The normalized spacial score (nSPS) is 16.5. The highest BCUT2D eigenvalue weighted by molar-refractivity contribution is 6.36. The maximum atomic E-state index is 13.3. The van der Waals surface area contributed by atoms with Crippen LogP contribution in [0.2, 0.25) is 5.02 Å². The summed E-state index contributed by atoms with van der Waals surface area (Å²) in [6.45, 7) is 7.95. The number of fused-ring (bicyclic) bond motifs is 1. The first-order valence-electron chi connectivity index (χ1n) is 10.9. The summed E-state index contributed by atoms with van der Waals surface area (Å²) in [5.41, 5.74) is -0.820. The van der Waals surface area contributed by atoms with Gasteiger partial charge in [-0.3, -0.25) is 4.79 Å². The molecule has 3 rings (SSSR count). The Balaban J connectivity index is 1.95. The van der Waals surface area contributed by atoms with Crippen LogP contribution in [0.5, 0.6) is 5.75 Å². The van der Waals surface area contributed by atoms with Crippen LogP contribution < -0.4 is 15.4 Å². The van der Waals surface area contributed by atoms with Gasteiger partial charge < -0.3 is 20.1 Å². The average molecular weight is 447 g/mol. The van der Waals surface area contributed by atoms with Crippen LogP contribution in [0, 0.1) is 5.92 Å². The van der Waals surface area contributed by atoms with Gasteiger partial charge in [0.15, 0.2) is 0 Å². The minimum absolute atomic E-state index is 0.247. The van der Waals surface area contributed by atoms with E-state index in [4.69, 9.17) is 21.1 Å². The van der Waals surface area contributed by atoms with Gasteiger partial charge in [0.1, 0.15) is 11.3 Å². The van der Waals surface area contributed by atoms with Crippen LogP contribution in [0.25, 0.3) is 10.8 Å². The number of hydrogen-bond donors (Lipinski definition) is 2. The SMILES string of the molecule is CCOC(=O)C(C)(CC)NC(=O)c1cc(Cl)c2ccccc2c1OCC1CCNCC1. The summed E-state index contributed by atoms with van der Waals surface area (Å²) in [5, 5.41) is 8.27. The standard InChI is InChI=1S/C24H31ClN2O4/c1-4-24(3,23(29)30-5-2)27-22(28)19-14-20(25)17-8-6-7-9-18(17)21(19)31-15-16-10-12-26-13-11-16/h6-9,14,16,26H,4-5,10-13,15H2,1-3H3,(H,27,28). The van der Waals surface area contributed by atoms with E-state index in [0.717, 1.165) is 36.7 Å². The summed E-state index contributed by atoms with van der Waals surface area (Å²) >= 11 is 6.51. The molecular weight excluding hydrogens is 416 g/mol. The Kier molecular flexibility index (Phi) is 7.79. The Morgan fingerprint density at radius 3 is 2.52 bits per heavy atom. The highest BCUT2D eigenvalue weighted by Gasteiger charge is 2.36. The fraction of sp³-hybridized carbons (Fsp3) is 0.500. The molecule has 6 nitrogen and oxygen atoms in total. The Morgan fingerprint density at radius 2 is 1.87 bits per heavy atom. The van der Waals surface area contributed by atoms with E-state index in [0.29, 0.717) is 35.3 Å². The highest BCUT2D eigenvalue weighted by Crippen LogP contribution is 2.36. The first kappa shape index (κ1) is 23.4. The van der Waals surface area contributed by atoms with Crippen LogP contribution in [0.4, 0.5) is 0 Å². The predicted molar refractivity (Wildman–Crippen MR) is 123 cm³/mol.